The fourth-order valence-corrected chi connectivity index (χ4v) is 3.03. The van der Waals surface area contributed by atoms with Crippen molar-refractivity contribution in [3.63, 3.8) is 0 Å². The predicted molar refractivity (Wildman–Crippen MR) is 98.8 cm³/mol. The second kappa shape index (κ2) is 7.25. The molecular formula is C20H24N2O3. The van der Waals surface area contributed by atoms with E-state index in [1.807, 2.05) is 46.1 Å². The zero-order valence-corrected chi connectivity index (χ0v) is 15.1. The second-order valence-corrected chi connectivity index (χ2v) is 6.60. The molecule has 0 aliphatic rings. The molecule has 0 bridgehead atoms. The fourth-order valence-electron chi connectivity index (χ4n) is 3.03. The number of hydrogen-bond acceptors (Lipinski definition) is 5. The molecule has 0 spiro atoms. The molecule has 5 heteroatoms. The minimum Gasteiger partial charge on any atom is -0.468 e. The Morgan fingerprint density at radius 3 is 2.68 bits per heavy atom. The highest BCUT2D eigenvalue weighted by atomic mass is 16.4. The van der Waals surface area contributed by atoms with E-state index in [-0.39, 0.29) is 11.7 Å². The maximum absolute atomic E-state index is 11.9. The van der Waals surface area contributed by atoms with Crippen LogP contribution in [0.3, 0.4) is 0 Å². The third kappa shape index (κ3) is 3.67. The number of aryl methyl sites for hydroxylation is 2. The first kappa shape index (κ1) is 17.5. The van der Waals surface area contributed by atoms with E-state index in [1.165, 1.54) is 0 Å². The molecule has 0 amide bonds. The highest BCUT2D eigenvalue weighted by Crippen LogP contribution is 2.23. The minimum atomic E-state index is -0.312. The van der Waals surface area contributed by atoms with Crippen LogP contribution in [-0.4, -0.2) is 25.5 Å². The molecule has 0 radical (unpaired) electrons. The molecule has 0 aliphatic heterocycles. The zero-order chi connectivity index (χ0) is 18.0. The molecule has 2 heterocycles. The van der Waals surface area contributed by atoms with Gasteiger partial charge in [0.1, 0.15) is 11.3 Å². The van der Waals surface area contributed by atoms with E-state index in [0.29, 0.717) is 18.7 Å². The van der Waals surface area contributed by atoms with Gasteiger partial charge in [0.15, 0.2) is 0 Å². The summed E-state index contributed by atoms with van der Waals surface area (Å²) in [6, 6.07) is 9.66. The highest BCUT2D eigenvalue weighted by molar-refractivity contribution is 5.83. The number of fused-ring (bicyclic) bond motifs is 1. The summed E-state index contributed by atoms with van der Waals surface area (Å²) < 4.78 is 11.0. The molecule has 0 saturated heterocycles. The lowest BCUT2D eigenvalue weighted by Gasteiger charge is -2.22. The molecule has 1 aromatic carbocycles. The largest absolute Gasteiger partial charge is 0.468 e. The van der Waals surface area contributed by atoms with Crippen molar-refractivity contribution in [2.45, 2.75) is 26.4 Å². The van der Waals surface area contributed by atoms with Gasteiger partial charge in [0.05, 0.1) is 12.3 Å². The maximum atomic E-state index is 11.9. The lowest BCUT2D eigenvalue weighted by molar-refractivity contribution is 0.250. The number of hydrogen-bond donors (Lipinski definition) is 1. The summed E-state index contributed by atoms with van der Waals surface area (Å²) in [5.41, 5.74) is 3.45. The molecule has 1 atom stereocenters. The summed E-state index contributed by atoms with van der Waals surface area (Å²) in [5.74, 6) is 0.918. The second-order valence-electron chi connectivity index (χ2n) is 6.60. The molecule has 25 heavy (non-hydrogen) atoms. The molecule has 0 aliphatic carbocycles. The first-order valence-corrected chi connectivity index (χ1v) is 8.41. The van der Waals surface area contributed by atoms with E-state index in [2.05, 4.69) is 16.3 Å². The predicted octanol–water partition coefficient (Wildman–Crippen LogP) is 3.40. The van der Waals surface area contributed by atoms with Gasteiger partial charge >= 0.3 is 5.63 Å². The Bertz CT molecular complexity index is 911. The normalized spacial score (nSPS) is 12.8. The van der Waals surface area contributed by atoms with Crippen LogP contribution in [0.1, 0.15) is 28.5 Å². The summed E-state index contributed by atoms with van der Waals surface area (Å²) in [6.07, 6.45) is 1.69. The number of benzene rings is 1. The van der Waals surface area contributed by atoms with Gasteiger partial charge in [0.25, 0.3) is 0 Å². The van der Waals surface area contributed by atoms with Gasteiger partial charge in [0.2, 0.25) is 0 Å². The van der Waals surface area contributed by atoms with E-state index in [9.17, 15) is 4.79 Å². The Kier molecular flexibility index (Phi) is 5.06. The Hall–Kier alpha value is -2.37. The Balaban J connectivity index is 1.81. The van der Waals surface area contributed by atoms with Gasteiger partial charge in [-0.1, -0.05) is 12.1 Å². The van der Waals surface area contributed by atoms with E-state index >= 15 is 0 Å². The lowest BCUT2D eigenvalue weighted by atomic mass is 10.0. The summed E-state index contributed by atoms with van der Waals surface area (Å²) in [5, 5.41) is 4.42. The number of nitrogens with one attached hydrogen (secondary N) is 1. The molecular weight excluding hydrogens is 316 g/mol. The fraction of sp³-hybridized carbons (Fsp3) is 0.350. The Morgan fingerprint density at radius 2 is 2.00 bits per heavy atom. The van der Waals surface area contributed by atoms with Crippen molar-refractivity contribution in [1.82, 2.24) is 10.2 Å². The summed E-state index contributed by atoms with van der Waals surface area (Å²) in [4.78, 5) is 14.1. The lowest BCUT2D eigenvalue weighted by Crippen LogP contribution is -2.30. The number of furan rings is 1. The summed E-state index contributed by atoms with van der Waals surface area (Å²) in [7, 11) is 4.04. The van der Waals surface area contributed by atoms with E-state index in [0.717, 1.165) is 27.8 Å². The van der Waals surface area contributed by atoms with Gasteiger partial charge in [-0.25, -0.2) is 4.79 Å². The first-order valence-electron chi connectivity index (χ1n) is 8.41. The van der Waals surface area contributed by atoms with Crippen LogP contribution in [0.4, 0.5) is 0 Å². The van der Waals surface area contributed by atoms with E-state index in [1.54, 1.807) is 12.3 Å². The third-order valence-electron chi connectivity index (χ3n) is 4.67. The molecule has 2 aromatic heterocycles. The topological polar surface area (TPSA) is 58.6 Å². The van der Waals surface area contributed by atoms with Gasteiger partial charge in [0, 0.05) is 24.5 Å². The smallest absolute Gasteiger partial charge is 0.336 e. The SMILES string of the molecule is Cc1ccc2c(CNC[C@@H](c3ccco3)N(C)C)cc(=O)oc2c1C. The van der Waals surface area contributed by atoms with Crippen LogP contribution in [0.5, 0.6) is 0 Å². The summed E-state index contributed by atoms with van der Waals surface area (Å²) >= 11 is 0. The van der Waals surface area contributed by atoms with Crippen molar-refractivity contribution in [2.24, 2.45) is 0 Å². The van der Waals surface area contributed by atoms with Crippen LogP contribution in [0.25, 0.3) is 11.0 Å². The Labute approximate surface area is 147 Å². The van der Waals surface area contributed by atoms with Gasteiger partial charge in [-0.3, -0.25) is 4.90 Å². The van der Waals surface area contributed by atoms with Crippen LogP contribution in [0.2, 0.25) is 0 Å². The van der Waals surface area contributed by atoms with Crippen molar-refractivity contribution in [2.75, 3.05) is 20.6 Å². The van der Waals surface area contributed by atoms with Crippen LogP contribution >= 0.6 is 0 Å². The quantitative estimate of drug-likeness (QED) is 0.697. The molecule has 5 nitrogen and oxygen atoms in total. The van der Waals surface area contributed by atoms with Crippen molar-refractivity contribution in [3.05, 3.63) is 69.5 Å². The van der Waals surface area contributed by atoms with Crippen molar-refractivity contribution >= 4 is 11.0 Å². The van der Waals surface area contributed by atoms with Crippen molar-refractivity contribution < 1.29 is 8.83 Å². The van der Waals surface area contributed by atoms with Crippen LogP contribution in [-0.2, 0) is 6.54 Å². The summed E-state index contributed by atoms with van der Waals surface area (Å²) in [6.45, 7) is 5.31. The van der Waals surface area contributed by atoms with Crippen LogP contribution in [0.15, 0.2) is 50.2 Å². The molecule has 3 rings (SSSR count). The average Bonchev–Trinajstić information content (AvgIpc) is 3.09. The van der Waals surface area contributed by atoms with Gasteiger partial charge in [-0.05, 0) is 56.8 Å². The number of rotatable bonds is 6. The monoisotopic (exact) mass is 340 g/mol. The van der Waals surface area contributed by atoms with Crippen molar-refractivity contribution in [1.29, 1.82) is 0 Å². The van der Waals surface area contributed by atoms with Crippen LogP contribution in [0, 0.1) is 13.8 Å². The molecule has 0 fully saturated rings. The van der Waals surface area contributed by atoms with Gasteiger partial charge in [-0.2, -0.15) is 0 Å². The highest BCUT2D eigenvalue weighted by Gasteiger charge is 2.17. The number of nitrogens with zero attached hydrogens (tertiary/aromatic N) is 1. The van der Waals surface area contributed by atoms with Gasteiger partial charge in [-0.15, -0.1) is 0 Å². The zero-order valence-electron chi connectivity index (χ0n) is 15.1. The minimum absolute atomic E-state index is 0.130. The number of likely N-dealkylation sites (N-methyl/N-ethyl adjacent to an activating group) is 1. The van der Waals surface area contributed by atoms with E-state index in [4.69, 9.17) is 8.83 Å². The molecule has 132 valence electrons. The Morgan fingerprint density at radius 1 is 1.20 bits per heavy atom. The average molecular weight is 340 g/mol. The third-order valence-corrected chi connectivity index (χ3v) is 4.67. The molecule has 0 unspecified atom stereocenters. The van der Waals surface area contributed by atoms with Gasteiger partial charge < -0.3 is 14.2 Å². The molecule has 0 saturated carbocycles. The van der Waals surface area contributed by atoms with E-state index < -0.39 is 0 Å². The van der Waals surface area contributed by atoms with Crippen molar-refractivity contribution in [3.8, 4) is 0 Å². The van der Waals surface area contributed by atoms with Crippen LogP contribution < -0.4 is 10.9 Å². The maximum Gasteiger partial charge on any atom is 0.336 e. The molecule has 3 aromatic rings. The standard InChI is InChI=1S/C20H24N2O3/c1-13-7-8-16-15(10-19(23)25-20(16)14(13)2)11-21-12-17(22(3)4)18-6-5-9-24-18/h5-10,17,21H,11-12H2,1-4H3/t17-/m0/s1. The molecule has 1 N–H and O–H groups in total. The first-order chi connectivity index (χ1) is 12.0.